The van der Waals surface area contributed by atoms with Crippen molar-refractivity contribution in [1.82, 2.24) is 15.1 Å². The minimum Gasteiger partial charge on any atom is -0.340 e. The molecule has 0 bridgehead atoms. The molecule has 1 saturated carbocycles. The largest absolute Gasteiger partial charge is 0.340 e. The first-order valence-electron chi connectivity index (χ1n) is 9.28. The predicted octanol–water partition coefficient (Wildman–Crippen LogP) is 1.91. The summed E-state index contributed by atoms with van der Waals surface area (Å²) in [5.41, 5.74) is 0.300. The molecule has 0 radical (unpaired) electrons. The number of benzene rings is 1. The zero-order valence-electron chi connectivity index (χ0n) is 15.0. The van der Waals surface area contributed by atoms with Crippen molar-refractivity contribution >= 4 is 24.2 Å². The molecule has 1 aliphatic carbocycles. The van der Waals surface area contributed by atoms with E-state index in [1.165, 1.54) is 6.07 Å². The van der Waals surface area contributed by atoms with Gasteiger partial charge in [-0.25, -0.2) is 8.78 Å². The van der Waals surface area contributed by atoms with Gasteiger partial charge in [0.25, 0.3) is 0 Å². The van der Waals surface area contributed by atoms with Crippen LogP contribution in [0.3, 0.4) is 0 Å². The van der Waals surface area contributed by atoms with Crippen molar-refractivity contribution in [2.24, 2.45) is 5.92 Å². The maximum absolute atomic E-state index is 13.9. The Morgan fingerprint density at radius 2 is 2.04 bits per heavy atom. The molecular formula is C19H24ClF2N3O2. The number of nitrogens with zero attached hydrogens (tertiary/aromatic N) is 2. The minimum atomic E-state index is -0.477. The molecule has 1 aromatic carbocycles. The third-order valence-corrected chi connectivity index (χ3v) is 5.74. The van der Waals surface area contributed by atoms with E-state index < -0.39 is 11.6 Å². The number of carbonyl (C=O) groups is 2. The zero-order valence-corrected chi connectivity index (χ0v) is 15.8. The number of piperidine rings is 1. The number of rotatable bonds is 3. The second-order valence-electron chi connectivity index (χ2n) is 7.46. The van der Waals surface area contributed by atoms with Crippen LogP contribution in [0.2, 0.25) is 0 Å². The molecule has 3 atom stereocenters. The van der Waals surface area contributed by atoms with Gasteiger partial charge in [-0.15, -0.1) is 12.4 Å². The predicted molar refractivity (Wildman–Crippen MR) is 98.6 cm³/mol. The molecule has 27 heavy (non-hydrogen) atoms. The second kappa shape index (κ2) is 8.10. The van der Waals surface area contributed by atoms with E-state index in [-0.39, 0.29) is 42.1 Å². The van der Waals surface area contributed by atoms with E-state index in [0.29, 0.717) is 38.2 Å². The van der Waals surface area contributed by atoms with Crippen molar-refractivity contribution in [3.8, 4) is 0 Å². The summed E-state index contributed by atoms with van der Waals surface area (Å²) in [6, 6.07) is 3.48. The SMILES string of the molecule is Cl.O=C(C1CC1c1cc(F)ccc1F)N1CCCC(N2CCNCC2=O)C1. The molecule has 0 spiro atoms. The van der Waals surface area contributed by atoms with E-state index in [9.17, 15) is 18.4 Å². The summed E-state index contributed by atoms with van der Waals surface area (Å²) in [4.78, 5) is 28.6. The molecule has 8 heteroatoms. The molecular weight excluding hydrogens is 376 g/mol. The molecule has 3 aliphatic rings. The van der Waals surface area contributed by atoms with Crippen LogP contribution in [0.25, 0.3) is 0 Å². The van der Waals surface area contributed by atoms with Crippen LogP contribution in [0.1, 0.15) is 30.7 Å². The topological polar surface area (TPSA) is 52.7 Å². The molecule has 3 fully saturated rings. The van der Waals surface area contributed by atoms with Gasteiger partial charge in [-0.1, -0.05) is 0 Å². The summed E-state index contributed by atoms with van der Waals surface area (Å²) < 4.78 is 27.4. The van der Waals surface area contributed by atoms with Gasteiger partial charge in [0.1, 0.15) is 11.6 Å². The van der Waals surface area contributed by atoms with E-state index in [1.54, 1.807) is 0 Å². The maximum Gasteiger partial charge on any atom is 0.236 e. The van der Waals surface area contributed by atoms with Crippen LogP contribution >= 0.6 is 12.4 Å². The lowest BCUT2D eigenvalue weighted by Crippen LogP contribution is -2.57. The first-order chi connectivity index (χ1) is 12.5. The van der Waals surface area contributed by atoms with Gasteiger partial charge in [-0.2, -0.15) is 0 Å². The third kappa shape index (κ3) is 4.09. The van der Waals surface area contributed by atoms with Gasteiger partial charge in [0.2, 0.25) is 11.8 Å². The highest BCUT2D eigenvalue weighted by Crippen LogP contribution is 2.49. The summed E-state index contributed by atoms with van der Waals surface area (Å²) >= 11 is 0. The van der Waals surface area contributed by atoms with Crippen LogP contribution < -0.4 is 5.32 Å². The molecule has 2 heterocycles. The van der Waals surface area contributed by atoms with Gasteiger partial charge in [-0.05, 0) is 48.9 Å². The van der Waals surface area contributed by atoms with Crippen LogP contribution in [-0.4, -0.2) is 60.4 Å². The molecule has 2 aliphatic heterocycles. The minimum absolute atomic E-state index is 0. The van der Waals surface area contributed by atoms with E-state index in [1.807, 2.05) is 9.80 Å². The highest BCUT2D eigenvalue weighted by molar-refractivity contribution is 5.85. The summed E-state index contributed by atoms with van der Waals surface area (Å²) in [5, 5.41) is 3.06. The van der Waals surface area contributed by atoms with Crippen LogP contribution in [0.5, 0.6) is 0 Å². The highest BCUT2D eigenvalue weighted by atomic mass is 35.5. The Bertz CT molecular complexity index is 733. The number of likely N-dealkylation sites (tertiary alicyclic amines) is 1. The summed E-state index contributed by atoms with van der Waals surface area (Å²) in [6.07, 6.45) is 2.33. The van der Waals surface area contributed by atoms with Crippen molar-refractivity contribution in [2.75, 3.05) is 32.7 Å². The molecule has 148 valence electrons. The number of carbonyl (C=O) groups excluding carboxylic acids is 2. The van der Waals surface area contributed by atoms with Crippen LogP contribution in [-0.2, 0) is 9.59 Å². The molecule has 5 nitrogen and oxygen atoms in total. The fourth-order valence-electron chi connectivity index (χ4n) is 4.26. The van der Waals surface area contributed by atoms with Gasteiger partial charge in [0.05, 0.1) is 6.54 Å². The average Bonchev–Trinajstić information content (AvgIpc) is 3.44. The van der Waals surface area contributed by atoms with Crippen LogP contribution in [0, 0.1) is 17.6 Å². The molecule has 4 rings (SSSR count). The Balaban J connectivity index is 0.00000210. The van der Waals surface area contributed by atoms with Gasteiger partial charge in [0.15, 0.2) is 0 Å². The summed E-state index contributed by atoms with van der Waals surface area (Å²) in [6.45, 7) is 3.02. The van der Waals surface area contributed by atoms with E-state index in [0.717, 1.165) is 31.5 Å². The summed E-state index contributed by atoms with van der Waals surface area (Å²) in [5.74, 6) is -1.35. The Kier molecular flexibility index (Phi) is 6.01. The zero-order chi connectivity index (χ0) is 18.3. The van der Waals surface area contributed by atoms with Crippen LogP contribution in [0.4, 0.5) is 8.78 Å². The Hall–Kier alpha value is -1.73. The Morgan fingerprint density at radius 1 is 1.22 bits per heavy atom. The number of hydrogen-bond donors (Lipinski definition) is 1. The maximum atomic E-state index is 13.9. The number of nitrogens with one attached hydrogen (secondary N) is 1. The molecule has 2 amide bonds. The highest BCUT2D eigenvalue weighted by Gasteiger charge is 2.48. The third-order valence-electron chi connectivity index (χ3n) is 5.74. The lowest BCUT2D eigenvalue weighted by atomic mass is 10.0. The average molecular weight is 400 g/mol. The van der Waals surface area contributed by atoms with E-state index in [4.69, 9.17) is 0 Å². The lowest BCUT2D eigenvalue weighted by molar-refractivity contribution is -0.141. The van der Waals surface area contributed by atoms with Crippen molar-refractivity contribution in [3.63, 3.8) is 0 Å². The lowest BCUT2D eigenvalue weighted by Gasteiger charge is -2.41. The number of piperazine rings is 1. The van der Waals surface area contributed by atoms with Crippen LogP contribution in [0.15, 0.2) is 18.2 Å². The molecule has 1 N–H and O–H groups in total. The smallest absolute Gasteiger partial charge is 0.236 e. The second-order valence-corrected chi connectivity index (χ2v) is 7.46. The monoisotopic (exact) mass is 399 g/mol. The first-order valence-corrected chi connectivity index (χ1v) is 9.28. The number of hydrogen-bond acceptors (Lipinski definition) is 3. The fourth-order valence-corrected chi connectivity index (χ4v) is 4.26. The number of halogens is 3. The number of amides is 2. The molecule has 2 saturated heterocycles. The van der Waals surface area contributed by atoms with Crippen molar-refractivity contribution in [3.05, 3.63) is 35.4 Å². The standard InChI is InChI=1S/C19H23F2N3O2.ClH/c20-12-3-4-17(21)15(8-12)14-9-16(14)19(26)23-6-1-2-13(11-23)24-7-5-22-10-18(24)25;/h3-4,8,13-14,16,22H,1-2,5-7,9-11H2;1H. The summed E-state index contributed by atoms with van der Waals surface area (Å²) in [7, 11) is 0. The Labute approximate surface area is 163 Å². The van der Waals surface area contributed by atoms with Crippen molar-refractivity contribution in [2.45, 2.75) is 31.2 Å². The quantitative estimate of drug-likeness (QED) is 0.844. The first kappa shape index (κ1) is 20.0. The molecule has 3 unspecified atom stereocenters. The van der Waals surface area contributed by atoms with E-state index in [2.05, 4.69) is 5.32 Å². The van der Waals surface area contributed by atoms with E-state index >= 15 is 0 Å². The van der Waals surface area contributed by atoms with Gasteiger partial charge >= 0.3 is 0 Å². The molecule has 1 aromatic rings. The van der Waals surface area contributed by atoms with Crippen molar-refractivity contribution in [1.29, 1.82) is 0 Å². The van der Waals surface area contributed by atoms with Crippen molar-refractivity contribution < 1.29 is 18.4 Å². The Morgan fingerprint density at radius 3 is 2.81 bits per heavy atom. The van der Waals surface area contributed by atoms with Gasteiger partial charge in [0, 0.05) is 38.1 Å². The normalized spacial score (nSPS) is 27.9. The van der Waals surface area contributed by atoms with Gasteiger partial charge in [-0.3, -0.25) is 9.59 Å². The van der Waals surface area contributed by atoms with Gasteiger partial charge < -0.3 is 15.1 Å². The fraction of sp³-hybridized carbons (Fsp3) is 0.579. The molecule has 0 aromatic heterocycles.